The summed E-state index contributed by atoms with van der Waals surface area (Å²) < 4.78 is 5.13. The number of allylic oxidation sites excluding steroid dienone is 1. The van der Waals surface area contributed by atoms with Gasteiger partial charge >= 0.3 is 0 Å². The van der Waals surface area contributed by atoms with E-state index in [4.69, 9.17) is 33.2 Å². The number of ether oxygens (including phenoxy) is 1. The first-order valence-corrected chi connectivity index (χ1v) is 4.96. The minimum atomic E-state index is 0.381. The fourth-order valence-electron chi connectivity index (χ4n) is 1.10. The first-order valence-electron chi connectivity index (χ1n) is 4.20. The fraction of sp³-hybridized carbons (Fsp3) is 0.182. The minimum Gasteiger partial charge on any atom is -0.496 e. The van der Waals surface area contributed by atoms with Crippen LogP contribution in [0.5, 0.6) is 5.75 Å². The Hall–Kier alpha value is -1.17. The monoisotopic (exact) mass is 241 g/mol. The molecule has 0 fully saturated rings. The lowest BCUT2D eigenvalue weighted by Gasteiger charge is -2.08. The number of methoxy groups -OCH3 is 1. The van der Waals surface area contributed by atoms with Gasteiger partial charge in [-0.1, -0.05) is 23.2 Å². The summed E-state index contributed by atoms with van der Waals surface area (Å²) in [6, 6.07) is 7.07. The Morgan fingerprint density at radius 1 is 1.47 bits per heavy atom. The number of nitriles is 1. The molecule has 1 aromatic carbocycles. The van der Waals surface area contributed by atoms with Gasteiger partial charge in [-0.3, -0.25) is 0 Å². The van der Waals surface area contributed by atoms with Gasteiger partial charge in [0.2, 0.25) is 0 Å². The lowest BCUT2D eigenvalue weighted by Crippen LogP contribution is -1.90. The lowest BCUT2D eigenvalue weighted by molar-refractivity contribution is 0.413. The normalized spacial score (nSPS) is 11.7. The quantitative estimate of drug-likeness (QED) is 0.738. The van der Waals surface area contributed by atoms with Gasteiger partial charge in [-0.25, -0.2) is 0 Å². The van der Waals surface area contributed by atoms with Crippen LogP contribution in [0.2, 0.25) is 5.02 Å². The zero-order chi connectivity index (χ0) is 11.4. The summed E-state index contributed by atoms with van der Waals surface area (Å²) in [4.78, 5) is 0. The van der Waals surface area contributed by atoms with Crippen LogP contribution in [0.1, 0.15) is 12.5 Å². The maximum Gasteiger partial charge on any atom is 0.129 e. The second-order valence-electron chi connectivity index (χ2n) is 2.90. The van der Waals surface area contributed by atoms with Crippen molar-refractivity contribution in [3.63, 3.8) is 0 Å². The summed E-state index contributed by atoms with van der Waals surface area (Å²) in [5.41, 5.74) is 1.11. The second kappa shape index (κ2) is 5.06. The predicted octanol–water partition coefficient (Wildman–Crippen LogP) is 3.84. The summed E-state index contributed by atoms with van der Waals surface area (Å²) in [6.07, 6.45) is 0. The minimum absolute atomic E-state index is 0.381. The fourth-order valence-corrected chi connectivity index (χ4v) is 1.46. The summed E-state index contributed by atoms with van der Waals surface area (Å²) in [6.45, 7) is 1.65. The van der Waals surface area contributed by atoms with E-state index < -0.39 is 0 Å². The van der Waals surface area contributed by atoms with Crippen LogP contribution in [0.3, 0.4) is 0 Å². The molecule has 0 saturated heterocycles. The van der Waals surface area contributed by atoms with Crippen LogP contribution in [0.15, 0.2) is 23.8 Å². The van der Waals surface area contributed by atoms with E-state index in [1.54, 1.807) is 25.1 Å². The van der Waals surface area contributed by atoms with Crippen molar-refractivity contribution in [2.45, 2.75) is 6.92 Å². The molecule has 1 aromatic rings. The van der Waals surface area contributed by atoms with E-state index in [-0.39, 0.29) is 0 Å². The molecule has 0 heterocycles. The third-order valence-electron chi connectivity index (χ3n) is 1.90. The highest BCUT2D eigenvalue weighted by Gasteiger charge is 2.09. The molecule has 0 spiro atoms. The molecule has 0 amide bonds. The molecule has 78 valence electrons. The van der Waals surface area contributed by atoms with E-state index >= 15 is 0 Å². The number of rotatable bonds is 2. The van der Waals surface area contributed by atoms with Crippen molar-refractivity contribution < 1.29 is 4.74 Å². The molecule has 4 heteroatoms. The van der Waals surface area contributed by atoms with Crippen molar-refractivity contribution in [2.24, 2.45) is 0 Å². The maximum absolute atomic E-state index is 8.73. The van der Waals surface area contributed by atoms with Crippen LogP contribution in [-0.4, -0.2) is 7.11 Å². The lowest BCUT2D eigenvalue weighted by atomic mass is 10.1. The average molecular weight is 242 g/mol. The van der Waals surface area contributed by atoms with Gasteiger partial charge in [0.25, 0.3) is 0 Å². The largest absolute Gasteiger partial charge is 0.496 e. The summed E-state index contributed by atoms with van der Waals surface area (Å²) in [5, 5.41) is 9.67. The molecule has 0 aliphatic heterocycles. The number of halogens is 2. The second-order valence-corrected chi connectivity index (χ2v) is 3.71. The Kier molecular flexibility index (Phi) is 4.02. The number of hydrogen-bond acceptors (Lipinski definition) is 2. The van der Waals surface area contributed by atoms with Crippen LogP contribution >= 0.6 is 23.2 Å². The van der Waals surface area contributed by atoms with E-state index in [2.05, 4.69) is 0 Å². The molecule has 1 rings (SSSR count). The van der Waals surface area contributed by atoms with Gasteiger partial charge in [0.05, 0.1) is 18.2 Å². The Balaban J connectivity index is 3.33. The van der Waals surface area contributed by atoms with Crippen LogP contribution in [-0.2, 0) is 0 Å². The zero-order valence-electron chi connectivity index (χ0n) is 8.34. The van der Waals surface area contributed by atoms with Gasteiger partial charge in [-0.2, -0.15) is 5.26 Å². The van der Waals surface area contributed by atoms with Gasteiger partial charge < -0.3 is 4.74 Å². The Bertz CT molecular complexity index is 446. The molecular formula is C11H9Cl2NO. The van der Waals surface area contributed by atoms with Crippen molar-refractivity contribution in [1.82, 2.24) is 0 Å². The molecule has 0 aliphatic carbocycles. The smallest absolute Gasteiger partial charge is 0.129 e. The molecule has 15 heavy (non-hydrogen) atoms. The molecule has 0 unspecified atom stereocenters. The molecular weight excluding hydrogens is 233 g/mol. The van der Waals surface area contributed by atoms with E-state index in [0.29, 0.717) is 26.9 Å². The molecule has 0 atom stereocenters. The molecule has 0 radical (unpaired) electrons. The van der Waals surface area contributed by atoms with Crippen LogP contribution in [0.25, 0.3) is 5.03 Å². The summed E-state index contributed by atoms with van der Waals surface area (Å²) in [5.74, 6) is 0.558. The van der Waals surface area contributed by atoms with Crippen LogP contribution in [0.4, 0.5) is 0 Å². The van der Waals surface area contributed by atoms with Gasteiger partial charge in [0.1, 0.15) is 5.75 Å². The van der Waals surface area contributed by atoms with Crippen molar-refractivity contribution in [1.29, 1.82) is 5.26 Å². The highest BCUT2D eigenvalue weighted by atomic mass is 35.5. The van der Waals surface area contributed by atoms with Crippen LogP contribution in [0, 0.1) is 11.3 Å². The van der Waals surface area contributed by atoms with E-state index in [9.17, 15) is 0 Å². The van der Waals surface area contributed by atoms with Gasteiger partial charge in [0.15, 0.2) is 0 Å². The SMILES string of the molecule is COc1cc(Cl)ccc1/C(Cl)=C(/C)C#N. The zero-order valence-corrected chi connectivity index (χ0v) is 9.86. The average Bonchev–Trinajstić information content (AvgIpc) is 2.26. The molecule has 0 N–H and O–H groups in total. The Labute approximate surface area is 98.7 Å². The highest BCUT2D eigenvalue weighted by Crippen LogP contribution is 2.32. The molecule has 2 nitrogen and oxygen atoms in total. The van der Waals surface area contributed by atoms with Crippen molar-refractivity contribution in [2.75, 3.05) is 7.11 Å². The number of hydrogen-bond donors (Lipinski definition) is 0. The number of nitrogens with zero attached hydrogens (tertiary/aromatic N) is 1. The maximum atomic E-state index is 8.73. The van der Waals surface area contributed by atoms with E-state index in [1.165, 1.54) is 7.11 Å². The summed E-state index contributed by atoms with van der Waals surface area (Å²) in [7, 11) is 1.53. The van der Waals surface area contributed by atoms with E-state index in [0.717, 1.165) is 0 Å². The Morgan fingerprint density at radius 2 is 2.13 bits per heavy atom. The van der Waals surface area contributed by atoms with E-state index in [1.807, 2.05) is 6.07 Å². The van der Waals surface area contributed by atoms with Gasteiger partial charge in [0, 0.05) is 16.2 Å². The van der Waals surface area contributed by atoms with Crippen molar-refractivity contribution >= 4 is 28.2 Å². The third-order valence-corrected chi connectivity index (χ3v) is 2.62. The first-order chi connectivity index (χ1) is 7.10. The van der Waals surface area contributed by atoms with Crippen molar-refractivity contribution in [3.8, 4) is 11.8 Å². The highest BCUT2D eigenvalue weighted by molar-refractivity contribution is 6.49. The predicted molar refractivity (Wildman–Crippen MR) is 62.1 cm³/mol. The third kappa shape index (κ3) is 2.65. The first kappa shape index (κ1) is 11.9. The molecule has 0 bridgehead atoms. The molecule has 0 aliphatic rings. The summed E-state index contributed by atoms with van der Waals surface area (Å²) >= 11 is 11.8. The van der Waals surface area contributed by atoms with Crippen molar-refractivity contribution in [3.05, 3.63) is 34.4 Å². The Morgan fingerprint density at radius 3 is 2.67 bits per heavy atom. The van der Waals surface area contributed by atoms with Gasteiger partial charge in [-0.15, -0.1) is 0 Å². The number of benzene rings is 1. The van der Waals surface area contributed by atoms with Gasteiger partial charge in [-0.05, 0) is 25.1 Å². The topological polar surface area (TPSA) is 33.0 Å². The standard InChI is InChI=1S/C11H9Cl2NO/c1-7(6-14)11(13)9-4-3-8(12)5-10(9)15-2/h3-5H,1-2H3/b11-7+. The molecule has 0 saturated carbocycles. The van der Waals surface area contributed by atoms with Crippen LogP contribution < -0.4 is 4.74 Å². The molecule has 0 aromatic heterocycles.